The second-order valence-corrected chi connectivity index (χ2v) is 7.11. The van der Waals surface area contributed by atoms with Crippen LogP contribution in [0, 0.1) is 0 Å². The van der Waals surface area contributed by atoms with E-state index in [9.17, 15) is 0 Å². The van der Waals surface area contributed by atoms with Gasteiger partial charge in [0.05, 0.1) is 0 Å². The van der Waals surface area contributed by atoms with Gasteiger partial charge in [0.1, 0.15) is 0 Å². The van der Waals surface area contributed by atoms with Gasteiger partial charge in [0.15, 0.2) is 0 Å². The van der Waals surface area contributed by atoms with Crippen molar-refractivity contribution in [3.63, 3.8) is 0 Å². The van der Waals surface area contributed by atoms with Crippen molar-refractivity contribution < 1.29 is 0 Å². The van der Waals surface area contributed by atoms with E-state index in [-0.39, 0.29) is 0 Å². The molecular weight excluding hydrogens is 309 g/mol. The van der Waals surface area contributed by atoms with Crippen LogP contribution in [0.3, 0.4) is 0 Å². The van der Waals surface area contributed by atoms with Gasteiger partial charge in [0.25, 0.3) is 0 Å². The molecule has 0 aliphatic rings. The fourth-order valence-corrected chi connectivity index (χ4v) is 5.28. The Hall–Kier alpha value is -2.02. The van der Waals surface area contributed by atoms with E-state index in [1.807, 2.05) is 12.1 Å². The standard InChI is InChI=1S/C18H13NSe/c19-13-6-3-5-12(11-13)14-8-4-9-16-15-7-1-2-10-17(15)20-18(14)16/h1-11H,19H2. The Labute approximate surface area is 123 Å². The third-order valence-electron chi connectivity index (χ3n) is 3.60. The summed E-state index contributed by atoms with van der Waals surface area (Å²) in [5.74, 6) is 0. The summed E-state index contributed by atoms with van der Waals surface area (Å²) in [7, 11) is 0. The molecule has 1 heterocycles. The molecule has 4 rings (SSSR count). The molecule has 0 atom stereocenters. The van der Waals surface area contributed by atoms with Crippen molar-refractivity contribution in [1.29, 1.82) is 0 Å². The van der Waals surface area contributed by atoms with Crippen LogP contribution in [-0.2, 0) is 0 Å². The van der Waals surface area contributed by atoms with Crippen molar-refractivity contribution in [3.8, 4) is 11.1 Å². The van der Waals surface area contributed by atoms with E-state index < -0.39 is 0 Å². The first-order valence-electron chi connectivity index (χ1n) is 6.59. The van der Waals surface area contributed by atoms with Gasteiger partial charge in [-0.1, -0.05) is 0 Å². The predicted molar refractivity (Wildman–Crippen MR) is 88.2 cm³/mol. The summed E-state index contributed by atoms with van der Waals surface area (Å²) in [5.41, 5.74) is 9.30. The van der Waals surface area contributed by atoms with Crippen LogP contribution in [0.5, 0.6) is 0 Å². The Morgan fingerprint density at radius 2 is 1.55 bits per heavy atom. The van der Waals surface area contributed by atoms with Gasteiger partial charge in [0, 0.05) is 0 Å². The van der Waals surface area contributed by atoms with E-state index in [2.05, 4.69) is 54.6 Å². The summed E-state index contributed by atoms with van der Waals surface area (Å²) in [4.78, 5) is 0. The molecule has 4 aromatic rings. The number of hydrogen-bond donors (Lipinski definition) is 1. The average Bonchev–Trinajstić information content (AvgIpc) is 2.86. The fourth-order valence-electron chi connectivity index (χ4n) is 2.68. The molecule has 96 valence electrons. The first kappa shape index (κ1) is 11.8. The summed E-state index contributed by atoms with van der Waals surface area (Å²) in [6.45, 7) is 0. The summed E-state index contributed by atoms with van der Waals surface area (Å²) < 4.78 is 2.96. The molecule has 0 fully saturated rings. The summed E-state index contributed by atoms with van der Waals surface area (Å²) in [5, 5.41) is 2.79. The summed E-state index contributed by atoms with van der Waals surface area (Å²) in [6.07, 6.45) is 0. The van der Waals surface area contributed by atoms with Crippen LogP contribution >= 0.6 is 0 Å². The molecule has 0 amide bonds. The zero-order valence-electron chi connectivity index (χ0n) is 10.8. The molecule has 0 spiro atoms. The van der Waals surface area contributed by atoms with Gasteiger partial charge < -0.3 is 0 Å². The molecule has 0 aliphatic carbocycles. The number of benzene rings is 3. The zero-order chi connectivity index (χ0) is 13.5. The van der Waals surface area contributed by atoms with Crippen LogP contribution in [0.2, 0.25) is 0 Å². The molecule has 2 heteroatoms. The van der Waals surface area contributed by atoms with Gasteiger partial charge in [-0.25, -0.2) is 0 Å². The molecule has 0 aliphatic heterocycles. The van der Waals surface area contributed by atoms with Gasteiger partial charge in [-0.3, -0.25) is 0 Å². The van der Waals surface area contributed by atoms with Gasteiger partial charge in [-0.2, -0.15) is 0 Å². The van der Waals surface area contributed by atoms with E-state index in [1.165, 1.54) is 30.4 Å². The van der Waals surface area contributed by atoms with E-state index in [4.69, 9.17) is 5.73 Å². The minimum atomic E-state index is 0.382. The predicted octanol–water partition coefficient (Wildman–Crippen LogP) is 4.30. The van der Waals surface area contributed by atoms with E-state index >= 15 is 0 Å². The van der Waals surface area contributed by atoms with E-state index in [1.54, 1.807) is 0 Å². The zero-order valence-corrected chi connectivity index (χ0v) is 12.5. The number of nitrogens with two attached hydrogens (primary N) is 1. The van der Waals surface area contributed by atoms with E-state index in [0.717, 1.165) is 5.69 Å². The average molecular weight is 322 g/mol. The van der Waals surface area contributed by atoms with Crippen LogP contribution in [0.25, 0.3) is 30.4 Å². The number of hydrogen-bond acceptors (Lipinski definition) is 1. The van der Waals surface area contributed by atoms with Crippen molar-refractivity contribution in [1.82, 2.24) is 0 Å². The van der Waals surface area contributed by atoms with Crippen LogP contribution in [0.4, 0.5) is 5.69 Å². The monoisotopic (exact) mass is 323 g/mol. The number of nitrogen functional groups attached to an aromatic ring is 1. The molecule has 1 nitrogen and oxygen atoms in total. The van der Waals surface area contributed by atoms with E-state index in [0.29, 0.717) is 14.5 Å². The fraction of sp³-hybridized carbons (Fsp3) is 0. The first-order chi connectivity index (χ1) is 9.83. The molecule has 1 aromatic heterocycles. The van der Waals surface area contributed by atoms with Crippen molar-refractivity contribution in [2.45, 2.75) is 0 Å². The summed E-state index contributed by atoms with van der Waals surface area (Å²) >= 11 is 0.382. The minimum absolute atomic E-state index is 0.382. The number of rotatable bonds is 1. The van der Waals surface area contributed by atoms with Crippen molar-refractivity contribution in [2.75, 3.05) is 5.73 Å². The Morgan fingerprint density at radius 1 is 0.750 bits per heavy atom. The van der Waals surface area contributed by atoms with Crippen molar-refractivity contribution in [2.24, 2.45) is 0 Å². The number of anilines is 1. The molecule has 0 radical (unpaired) electrons. The Kier molecular flexibility index (Phi) is 2.66. The first-order valence-corrected chi connectivity index (χ1v) is 8.30. The second-order valence-electron chi connectivity index (χ2n) is 4.91. The van der Waals surface area contributed by atoms with Crippen LogP contribution < -0.4 is 5.73 Å². The Bertz CT molecular complexity index is 921. The van der Waals surface area contributed by atoms with Gasteiger partial charge in [0.2, 0.25) is 0 Å². The van der Waals surface area contributed by atoms with Crippen LogP contribution in [0.1, 0.15) is 0 Å². The molecule has 0 saturated heterocycles. The topological polar surface area (TPSA) is 26.0 Å². The molecule has 0 saturated carbocycles. The normalized spacial score (nSPS) is 11.2. The molecule has 2 N–H and O–H groups in total. The summed E-state index contributed by atoms with van der Waals surface area (Å²) in [6, 6.07) is 23.5. The van der Waals surface area contributed by atoms with Gasteiger partial charge >= 0.3 is 123 Å². The SMILES string of the molecule is Nc1cccc(-c2cccc3c2[se]c2ccccc23)c1. The quantitative estimate of drug-likeness (QED) is 0.410. The van der Waals surface area contributed by atoms with Gasteiger partial charge in [-0.15, -0.1) is 0 Å². The third-order valence-corrected chi connectivity index (χ3v) is 6.16. The molecule has 20 heavy (non-hydrogen) atoms. The second kappa shape index (κ2) is 4.52. The van der Waals surface area contributed by atoms with Crippen LogP contribution in [0.15, 0.2) is 66.7 Å². The number of fused-ring (bicyclic) bond motifs is 3. The van der Waals surface area contributed by atoms with Crippen LogP contribution in [-0.4, -0.2) is 14.5 Å². The maximum atomic E-state index is 5.93. The maximum absolute atomic E-state index is 5.93. The van der Waals surface area contributed by atoms with Gasteiger partial charge in [-0.05, 0) is 0 Å². The van der Waals surface area contributed by atoms with Crippen molar-refractivity contribution in [3.05, 3.63) is 66.7 Å². The Morgan fingerprint density at radius 3 is 2.45 bits per heavy atom. The Balaban J connectivity index is 2.10. The molecule has 3 aromatic carbocycles. The molecular formula is C18H13NSe. The molecule has 0 unspecified atom stereocenters. The molecule has 0 bridgehead atoms. The van der Waals surface area contributed by atoms with Crippen molar-refractivity contribution >= 4 is 39.5 Å². The third kappa shape index (κ3) is 1.77.